The zero-order valence-corrected chi connectivity index (χ0v) is 20.7. The Morgan fingerprint density at radius 2 is 1.67 bits per heavy atom. The quantitative estimate of drug-likeness (QED) is 0.330. The highest BCUT2D eigenvalue weighted by atomic mass is 16.1. The van der Waals surface area contributed by atoms with Gasteiger partial charge in [-0.15, -0.1) is 0 Å². The second-order valence-corrected chi connectivity index (χ2v) is 9.81. The van der Waals surface area contributed by atoms with Gasteiger partial charge in [0.25, 0.3) is 5.91 Å². The Morgan fingerprint density at radius 1 is 1.00 bits per heavy atom. The number of carbonyl (C=O) groups excluding carboxylic acids is 1. The monoisotopic (exact) mass is 427 g/mol. The van der Waals surface area contributed by atoms with Gasteiger partial charge >= 0.3 is 0 Å². The van der Waals surface area contributed by atoms with Gasteiger partial charge in [-0.3, -0.25) is 10.1 Å². The fourth-order valence-corrected chi connectivity index (χ4v) is 4.82. The topological polar surface area (TPSA) is 72.7 Å². The molecule has 156 valence electrons. The molecule has 0 spiro atoms. The molecule has 33 heavy (non-hydrogen) atoms. The minimum atomic E-state index is -0.182. The van der Waals surface area contributed by atoms with E-state index >= 15 is 0 Å². The Kier molecular flexibility index (Phi) is 5.85. The third-order valence-corrected chi connectivity index (χ3v) is 6.52. The van der Waals surface area contributed by atoms with E-state index in [1.807, 2.05) is 51.7 Å². The molecule has 0 atom stereocenters. The number of hydrogen-bond acceptors (Lipinski definition) is 4. The number of benzene rings is 2. The fourth-order valence-electron chi connectivity index (χ4n) is 4.82. The van der Waals surface area contributed by atoms with Crippen molar-refractivity contribution in [1.82, 2.24) is 19.5 Å². The summed E-state index contributed by atoms with van der Waals surface area (Å²) in [5, 5.41) is 3.85. The molecule has 1 N–H and O–H groups in total. The van der Waals surface area contributed by atoms with Crippen LogP contribution in [-0.4, -0.2) is 80.4 Å². The van der Waals surface area contributed by atoms with Gasteiger partial charge in [-0.25, -0.2) is 15.0 Å². The van der Waals surface area contributed by atoms with Crippen LogP contribution in [0, 0.1) is 0 Å². The molecule has 0 saturated heterocycles. The summed E-state index contributed by atoms with van der Waals surface area (Å²) in [4.78, 5) is 26.6. The molecule has 0 aliphatic rings. The van der Waals surface area contributed by atoms with Gasteiger partial charge < -0.3 is 4.57 Å². The van der Waals surface area contributed by atoms with E-state index in [2.05, 4.69) is 59.5 Å². The van der Waals surface area contributed by atoms with Crippen LogP contribution in [0.1, 0.15) is 15.9 Å². The van der Waals surface area contributed by atoms with Crippen LogP contribution in [0.25, 0.3) is 22.2 Å². The van der Waals surface area contributed by atoms with Crippen molar-refractivity contribution < 1.29 is 4.79 Å². The van der Waals surface area contributed by atoms with E-state index in [0.29, 0.717) is 11.5 Å². The van der Waals surface area contributed by atoms with Gasteiger partial charge in [-0.05, 0) is 6.07 Å². The molecule has 0 unspecified atom stereocenters. The predicted octanol–water partition coefficient (Wildman–Crippen LogP) is -6.67. The van der Waals surface area contributed by atoms with Crippen molar-refractivity contribution in [2.45, 2.75) is 5.11 Å². The van der Waals surface area contributed by atoms with E-state index in [-0.39, 0.29) is 11.0 Å². The second kappa shape index (κ2) is 8.36. The molecule has 2 heterocycles. The van der Waals surface area contributed by atoms with Gasteiger partial charge in [0.05, 0.1) is 47.3 Å². The van der Waals surface area contributed by atoms with Crippen molar-refractivity contribution in [2.75, 3.05) is 5.32 Å². The first-order chi connectivity index (χ1) is 15.5. The lowest BCUT2D eigenvalue weighted by molar-refractivity contribution is 0.102. The summed E-state index contributed by atoms with van der Waals surface area (Å²) in [6, 6.07) is 6.00. The molecular formula is C20H24B7N5O. The number of aryl methyl sites for hydroxylation is 1. The molecule has 0 fully saturated rings. The highest BCUT2D eigenvalue weighted by Crippen LogP contribution is 2.23. The summed E-state index contributed by atoms with van der Waals surface area (Å²) in [6.07, 6.45) is 5.33. The number of rotatable bonds is 4. The number of nitrogens with zero attached hydrogens (tertiary/aromatic N) is 4. The van der Waals surface area contributed by atoms with Crippen LogP contribution in [0.15, 0.2) is 36.9 Å². The van der Waals surface area contributed by atoms with Crippen LogP contribution in [0.4, 0.5) is 5.95 Å². The maximum Gasteiger partial charge on any atom is 0.256 e. The standard InChI is InChI=1S/C20H24B7N5O/c1-32-7-28-6-11(32)8-2-3-9-5-29-19(30-10(9)4-8)31-18(33)12-14(21)16(23)13(20(25,26)27)17(24)15(12)22/h2-7H,21-27H2,1H3,(H,29,30,31,33). The minimum Gasteiger partial charge on any atom is -0.334 e. The van der Waals surface area contributed by atoms with Crippen LogP contribution in [0.2, 0.25) is 0 Å². The molecule has 0 bridgehead atoms. The molecule has 13 heteroatoms. The van der Waals surface area contributed by atoms with Gasteiger partial charge in [-0.1, -0.05) is 44.7 Å². The first-order valence-electron chi connectivity index (χ1n) is 11.1. The van der Waals surface area contributed by atoms with Gasteiger partial charge in [-0.2, -0.15) is 0 Å². The maximum atomic E-state index is 13.4. The summed E-state index contributed by atoms with van der Waals surface area (Å²) < 4.78 is 1.96. The molecule has 6 nitrogen and oxygen atoms in total. The van der Waals surface area contributed by atoms with Crippen LogP contribution in [-0.2, 0) is 12.2 Å². The lowest BCUT2D eigenvalue weighted by atomic mass is 9.37. The fraction of sp³-hybridized carbons (Fsp3) is 0.100. The van der Waals surface area contributed by atoms with Crippen molar-refractivity contribution in [3.63, 3.8) is 0 Å². The van der Waals surface area contributed by atoms with E-state index in [9.17, 15) is 4.79 Å². The number of amides is 1. The number of fused-ring (bicyclic) bond motifs is 1. The lowest BCUT2D eigenvalue weighted by Gasteiger charge is -2.30. The Labute approximate surface area is 200 Å². The van der Waals surface area contributed by atoms with Crippen LogP contribution in [0.3, 0.4) is 0 Å². The highest BCUT2D eigenvalue weighted by Gasteiger charge is 2.25. The van der Waals surface area contributed by atoms with Crippen LogP contribution in [0.5, 0.6) is 0 Å². The summed E-state index contributed by atoms with van der Waals surface area (Å²) in [7, 11) is 16.8. The van der Waals surface area contributed by atoms with E-state index in [4.69, 9.17) is 0 Å². The molecule has 2 aromatic heterocycles. The molecular weight excluding hydrogens is 402 g/mol. The Hall–Kier alpha value is -3.09. The molecule has 0 radical (unpaired) electrons. The van der Waals surface area contributed by atoms with Gasteiger partial charge in [0.15, 0.2) is 0 Å². The Morgan fingerprint density at radius 3 is 2.24 bits per heavy atom. The molecule has 0 aliphatic heterocycles. The number of aromatic nitrogens is 4. The largest absolute Gasteiger partial charge is 0.334 e. The average molecular weight is 426 g/mol. The first-order valence-corrected chi connectivity index (χ1v) is 11.1. The third kappa shape index (κ3) is 4.17. The van der Waals surface area contributed by atoms with Crippen molar-refractivity contribution in [1.29, 1.82) is 0 Å². The molecule has 0 aliphatic carbocycles. The smallest absolute Gasteiger partial charge is 0.256 e. The van der Waals surface area contributed by atoms with Crippen LogP contribution >= 0.6 is 0 Å². The maximum absolute atomic E-state index is 13.4. The van der Waals surface area contributed by atoms with E-state index in [1.54, 1.807) is 12.5 Å². The molecule has 2 aromatic carbocycles. The number of imidazole rings is 1. The van der Waals surface area contributed by atoms with E-state index in [1.165, 1.54) is 5.56 Å². The summed E-state index contributed by atoms with van der Waals surface area (Å²) >= 11 is 0. The highest BCUT2D eigenvalue weighted by molar-refractivity contribution is 6.66. The zero-order chi connectivity index (χ0) is 24.1. The van der Waals surface area contributed by atoms with Gasteiger partial charge in [0, 0.05) is 29.8 Å². The van der Waals surface area contributed by atoms with Gasteiger partial charge in [0.2, 0.25) is 5.95 Å². The predicted molar refractivity (Wildman–Crippen MR) is 156 cm³/mol. The SMILES string of the molecule is Bc1c(B)c(C(B)(B)B)c(B)c(B)c1C(=O)Nc1ncc2ccc(-c3cncn3C)cc2n1. The number of carbonyl (C=O) groups is 1. The summed E-state index contributed by atoms with van der Waals surface area (Å²) in [6.45, 7) is 0. The average Bonchev–Trinajstić information content (AvgIpc) is 3.17. The Balaban J connectivity index is 1.72. The third-order valence-electron chi connectivity index (χ3n) is 6.52. The Bertz CT molecular complexity index is 1390. The lowest BCUT2D eigenvalue weighted by Crippen LogP contribution is -2.54. The second-order valence-electron chi connectivity index (χ2n) is 9.81. The zero-order valence-electron chi connectivity index (χ0n) is 20.7. The first kappa shape index (κ1) is 23.1. The summed E-state index contributed by atoms with van der Waals surface area (Å²) in [5.41, 5.74) is 9.10. The van der Waals surface area contributed by atoms with Crippen LogP contribution < -0.4 is 27.2 Å². The van der Waals surface area contributed by atoms with E-state index < -0.39 is 0 Å². The number of anilines is 1. The van der Waals surface area contributed by atoms with Crippen molar-refractivity contribution >= 4 is 99.5 Å². The minimum absolute atomic E-state index is 0.00568. The molecule has 4 rings (SSSR count). The number of hydrogen-bond donors (Lipinski definition) is 1. The summed E-state index contributed by atoms with van der Waals surface area (Å²) in [5.74, 6) is 0.113. The van der Waals surface area contributed by atoms with Crippen molar-refractivity contribution in [3.8, 4) is 11.3 Å². The van der Waals surface area contributed by atoms with Crippen molar-refractivity contribution in [2.24, 2.45) is 7.05 Å². The molecule has 4 aromatic rings. The van der Waals surface area contributed by atoms with E-state index in [0.717, 1.165) is 44.0 Å². The number of nitrogens with one attached hydrogen (secondary N) is 1. The van der Waals surface area contributed by atoms with Crippen molar-refractivity contribution in [3.05, 3.63) is 48.0 Å². The molecule has 0 saturated carbocycles. The normalized spacial score (nSPS) is 11.5. The van der Waals surface area contributed by atoms with Gasteiger partial charge in [0.1, 0.15) is 31.4 Å². The molecule has 1 amide bonds.